The van der Waals surface area contributed by atoms with Crippen LogP contribution in [0.3, 0.4) is 0 Å². The van der Waals surface area contributed by atoms with Crippen LogP contribution in [0.1, 0.15) is 43.4 Å². The molecule has 5 nitrogen and oxygen atoms in total. The Bertz CT molecular complexity index is 679. The smallest absolute Gasteiger partial charge is 0.191 e. The summed E-state index contributed by atoms with van der Waals surface area (Å²) in [5.41, 5.74) is 2.18. The van der Waals surface area contributed by atoms with Crippen LogP contribution in [0.25, 0.3) is 0 Å². The molecule has 1 aromatic heterocycles. The third-order valence-electron chi connectivity index (χ3n) is 4.62. The highest BCUT2D eigenvalue weighted by atomic mass is 16.5. The molecular formula is C21H28N4O. The Morgan fingerprint density at radius 1 is 1.04 bits per heavy atom. The van der Waals surface area contributed by atoms with E-state index in [0.29, 0.717) is 19.2 Å². The van der Waals surface area contributed by atoms with Crippen LogP contribution in [0, 0.1) is 0 Å². The summed E-state index contributed by atoms with van der Waals surface area (Å²) in [4.78, 5) is 8.56. The van der Waals surface area contributed by atoms with E-state index < -0.39 is 0 Å². The molecule has 0 unspecified atom stereocenters. The summed E-state index contributed by atoms with van der Waals surface area (Å²) in [6.07, 6.45) is 8.48. The van der Waals surface area contributed by atoms with Crippen LogP contribution in [0.15, 0.2) is 53.7 Å². The summed E-state index contributed by atoms with van der Waals surface area (Å²) in [5.74, 6) is 1.73. The minimum atomic E-state index is 0.391. The van der Waals surface area contributed by atoms with Gasteiger partial charge in [0.1, 0.15) is 5.75 Å². The molecule has 1 aliphatic carbocycles. The first-order valence-corrected chi connectivity index (χ1v) is 9.43. The van der Waals surface area contributed by atoms with Crippen molar-refractivity contribution in [2.75, 3.05) is 7.05 Å². The van der Waals surface area contributed by atoms with E-state index in [9.17, 15) is 0 Å². The van der Waals surface area contributed by atoms with E-state index in [4.69, 9.17) is 4.74 Å². The molecule has 2 N–H and O–H groups in total. The Morgan fingerprint density at radius 2 is 1.81 bits per heavy atom. The maximum atomic E-state index is 6.08. The molecule has 0 bridgehead atoms. The van der Waals surface area contributed by atoms with Crippen molar-refractivity contribution in [1.82, 2.24) is 15.6 Å². The molecule has 0 radical (unpaired) electrons. The number of aliphatic imine (C=N–C) groups is 1. The SMILES string of the molecule is CN=C(NCc1ccc(OC2CCCCC2)cc1)NCc1ccccn1. The van der Waals surface area contributed by atoms with Crippen molar-refractivity contribution in [2.24, 2.45) is 4.99 Å². The number of ether oxygens (including phenoxy) is 1. The average molecular weight is 352 g/mol. The van der Waals surface area contributed by atoms with Gasteiger partial charge < -0.3 is 15.4 Å². The summed E-state index contributed by atoms with van der Waals surface area (Å²) in [6.45, 7) is 1.36. The van der Waals surface area contributed by atoms with Crippen molar-refractivity contribution >= 4 is 5.96 Å². The zero-order valence-electron chi connectivity index (χ0n) is 15.4. The van der Waals surface area contributed by atoms with Crippen LogP contribution in [0.2, 0.25) is 0 Å². The zero-order valence-corrected chi connectivity index (χ0v) is 15.4. The minimum Gasteiger partial charge on any atom is -0.490 e. The highest BCUT2D eigenvalue weighted by Gasteiger charge is 2.14. The molecule has 1 saturated carbocycles. The molecule has 2 aromatic rings. The van der Waals surface area contributed by atoms with Gasteiger partial charge in [0.05, 0.1) is 18.3 Å². The van der Waals surface area contributed by atoms with Gasteiger partial charge in [0.25, 0.3) is 0 Å². The molecule has 0 amide bonds. The number of nitrogens with one attached hydrogen (secondary N) is 2. The van der Waals surface area contributed by atoms with Gasteiger partial charge in [0.2, 0.25) is 0 Å². The molecule has 1 aliphatic rings. The first kappa shape index (κ1) is 18.2. The second kappa shape index (κ2) is 9.80. The van der Waals surface area contributed by atoms with Gasteiger partial charge in [-0.15, -0.1) is 0 Å². The van der Waals surface area contributed by atoms with E-state index in [2.05, 4.69) is 44.9 Å². The minimum absolute atomic E-state index is 0.391. The lowest BCUT2D eigenvalue weighted by molar-refractivity contribution is 0.155. The van der Waals surface area contributed by atoms with Crippen molar-refractivity contribution in [1.29, 1.82) is 0 Å². The van der Waals surface area contributed by atoms with Crippen LogP contribution in [-0.2, 0) is 13.1 Å². The number of hydrogen-bond acceptors (Lipinski definition) is 3. The second-order valence-electron chi connectivity index (χ2n) is 6.62. The van der Waals surface area contributed by atoms with Gasteiger partial charge in [-0.25, -0.2) is 0 Å². The maximum absolute atomic E-state index is 6.08. The highest BCUT2D eigenvalue weighted by Crippen LogP contribution is 2.23. The normalized spacial score (nSPS) is 15.5. The summed E-state index contributed by atoms with van der Waals surface area (Å²) >= 11 is 0. The standard InChI is InChI=1S/C21H28N4O/c1-22-21(25-16-18-7-5-6-14-23-18)24-15-17-10-12-20(13-11-17)26-19-8-3-2-4-9-19/h5-7,10-14,19H,2-4,8-9,15-16H2,1H3,(H2,22,24,25). The van der Waals surface area contributed by atoms with Crippen molar-refractivity contribution in [3.63, 3.8) is 0 Å². The Kier molecular flexibility index (Phi) is 6.88. The summed E-state index contributed by atoms with van der Waals surface area (Å²) in [6, 6.07) is 14.2. The monoisotopic (exact) mass is 352 g/mol. The number of nitrogens with zero attached hydrogens (tertiary/aromatic N) is 2. The fourth-order valence-electron chi connectivity index (χ4n) is 3.14. The molecule has 138 valence electrons. The lowest BCUT2D eigenvalue weighted by atomic mass is 9.98. The molecule has 26 heavy (non-hydrogen) atoms. The van der Waals surface area contributed by atoms with Gasteiger partial charge in [-0.3, -0.25) is 9.98 Å². The molecule has 1 fully saturated rings. The highest BCUT2D eigenvalue weighted by molar-refractivity contribution is 5.79. The van der Waals surface area contributed by atoms with E-state index >= 15 is 0 Å². The zero-order chi connectivity index (χ0) is 18.0. The lowest BCUT2D eigenvalue weighted by Gasteiger charge is -2.23. The van der Waals surface area contributed by atoms with Crippen LogP contribution in [0.4, 0.5) is 0 Å². The van der Waals surface area contributed by atoms with Crippen LogP contribution in [0.5, 0.6) is 5.75 Å². The van der Waals surface area contributed by atoms with E-state index in [-0.39, 0.29) is 0 Å². The number of guanidine groups is 1. The van der Waals surface area contributed by atoms with Crippen LogP contribution >= 0.6 is 0 Å². The van der Waals surface area contributed by atoms with Gasteiger partial charge in [-0.2, -0.15) is 0 Å². The van der Waals surface area contributed by atoms with E-state index in [0.717, 1.165) is 17.4 Å². The van der Waals surface area contributed by atoms with Crippen LogP contribution < -0.4 is 15.4 Å². The van der Waals surface area contributed by atoms with Crippen molar-refractivity contribution in [3.05, 3.63) is 59.9 Å². The van der Waals surface area contributed by atoms with Crippen molar-refractivity contribution < 1.29 is 4.74 Å². The molecular weight excluding hydrogens is 324 g/mol. The van der Waals surface area contributed by atoms with Gasteiger partial charge in [0, 0.05) is 19.8 Å². The Hall–Kier alpha value is -2.56. The van der Waals surface area contributed by atoms with Gasteiger partial charge in [0.15, 0.2) is 5.96 Å². The summed E-state index contributed by atoms with van der Waals surface area (Å²) in [7, 11) is 1.77. The number of pyridine rings is 1. The Morgan fingerprint density at radius 3 is 2.50 bits per heavy atom. The fourth-order valence-corrected chi connectivity index (χ4v) is 3.14. The molecule has 0 atom stereocenters. The van der Waals surface area contributed by atoms with E-state index in [1.165, 1.54) is 37.7 Å². The van der Waals surface area contributed by atoms with Gasteiger partial charge >= 0.3 is 0 Å². The number of aromatic nitrogens is 1. The largest absolute Gasteiger partial charge is 0.490 e. The molecule has 3 rings (SSSR count). The lowest BCUT2D eigenvalue weighted by Crippen LogP contribution is -2.36. The molecule has 0 spiro atoms. The number of rotatable bonds is 6. The fraction of sp³-hybridized carbons (Fsp3) is 0.429. The van der Waals surface area contributed by atoms with Crippen molar-refractivity contribution in [2.45, 2.75) is 51.3 Å². The molecule has 5 heteroatoms. The molecule has 0 saturated heterocycles. The quantitative estimate of drug-likeness (QED) is 0.615. The van der Waals surface area contributed by atoms with Gasteiger partial charge in [-0.05, 0) is 55.5 Å². The van der Waals surface area contributed by atoms with E-state index in [1.807, 2.05) is 18.2 Å². The molecule has 1 heterocycles. The first-order valence-electron chi connectivity index (χ1n) is 9.43. The van der Waals surface area contributed by atoms with Crippen LogP contribution in [-0.4, -0.2) is 24.1 Å². The topological polar surface area (TPSA) is 58.5 Å². The van der Waals surface area contributed by atoms with Crippen molar-refractivity contribution in [3.8, 4) is 5.75 Å². The number of hydrogen-bond donors (Lipinski definition) is 2. The molecule has 0 aliphatic heterocycles. The predicted molar refractivity (Wildman–Crippen MR) is 105 cm³/mol. The predicted octanol–water partition coefficient (Wildman–Crippen LogP) is 3.66. The second-order valence-corrected chi connectivity index (χ2v) is 6.62. The third-order valence-corrected chi connectivity index (χ3v) is 4.62. The Labute approximate surface area is 155 Å². The first-order chi connectivity index (χ1) is 12.8. The summed E-state index contributed by atoms with van der Waals surface area (Å²) < 4.78 is 6.08. The molecule has 1 aromatic carbocycles. The van der Waals surface area contributed by atoms with Gasteiger partial charge in [-0.1, -0.05) is 24.6 Å². The Balaban J connectivity index is 1.44. The van der Waals surface area contributed by atoms with E-state index in [1.54, 1.807) is 13.2 Å². The third kappa shape index (κ3) is 5.76. The summed E-state index contributed by atoms with van der Waals surface area (Å²) in [5, 5.41) is 6.60. The maximum Gasteiger partial charge on any atom is 0.191 e. The average Bonchev–Trinajstić information content (AvgIpc) is 2.71. The number of benzene rings is 1.